The van der Waals surface area contributed by atoms with E-state index in [0.29, 0.717) is 0 Å². The van der Waals surface area contributed by atoms with Gasteiger partial charge in [-0.2, -0.15) is 0 Å². The van der Waals surface area contributed by atoms with E-state index in [1.54, 1.807) is 6.92 Å². The first-order valence-corrected chi connectivity index (χ1v) is 10.9. The van der Waals surface area contributed by atoms with Crippen LogP contribution in [0.3, 0.4) is 0 Å². The lowest BCUT2D eigenvalue weighted by Crippen LogP contribution is -2.32. The molecule has 1 heterocycles. The Morgan fingerprint density at radius 2 is 1.41 bits per heavy atom. The maximum atomic E-state index is 13.0. The lowest BCUT2D eigenvalue weighted by molar-refractivity contribution is -0.124. The van der Waals surface area contributed by atoms with Crippen LogP contribution in [0.15, 0.2) is 78.9 Å². The summed E-state index contributed by atoms with van der Waals surface area (Å²) in [5, 5.41) is 2.77. The Morgan fingerprint density at radius 3 is 2.06 bits per heavy atom. The van der Waals surface area contributed by atoms with Gasteiger partial charge in [-0.1, -0.05) is 60.7 Å². The fourth-order valence-corrected chi connectivity index (χ4v) is 3.94. The molecule has 3 amide bonds. The van der Waals surface area contributed by atoms with E-state index in [-0.39, 0.29) is 22.7 Å². The van der Waals surface area contributed by atoms with Gasteiger partial charge in [0, 0.05) is 0 Å². The van der Waals surface area contributed by atoms with Crippen LogP contribution < -0.4 is 5.32 Å². The van der Waals surface area contributed by atoms with E-state index in [2.05, 4.69) is 5.32 Å². The second kappa shape index (κ2) is 9.70. The summed E-state index contributed by atoms with van der Waals surface area (Å²) in [5.41, 5.74) is 2.23. The Labute approximate surface area is 197 Å². The first-order chi connectivity index (χ1) is 16.4. The first-order valence-electron chi connectivity index (χ1n) is 10.9. The number of ether oxygens (including phenoxy) is 1. The van der Waals surface area contributed by atoms with Crippen LogP contribution >= 0.6 is 0 Å². The molecule has 172 valence electrons. The second-order valence-electron chi connectivity index (χ2n) is 8.10. The molecule has 0 saturated carbocycles. The number of nitrogens with one attached hydrogen (secondary N) is 1. The van der Waals surface area contributed by atoms with E-state index in [0.717, 1.165) is 11.1 Å². The van der Waals surface area contributed by atoms with Gasteiger partial charge in [-0.15, -0.1) is 0 Å². The van der Waals surface area contributed by atoms with Gasteiger partial charge >= 0.3 is 5.97 Å². The van der Waals surface area contributed by atoms with E-state index in [1.807, 2.05) is 67.6 Å². The van der Waals surface area contributed by atoms with Gasteiger partial charge in [0.15, 0.2) is 6.61 Å². The third kappa shape index (κ3) is 4.59. The zero-order valence-corrected chi connectivity index (χ0v) is 18.9. The van der Waals surface area contributed by atoms with Gasteiger partial charge in [0.1, 0.15) is 0 Å². The monoisotopic (exact) mass is 456 g/mol. The molecule has 0 fully saturated rings. The fourth-order valence-electron chi connectivity index (χ4n) is 3.94. The summed E-state index contributed by atoms with van der Waals surface area (Å²) in [4.78, 5) is 51.8. The van der Waals surface area contributed by atoms with Crippen molar-refractivity contribution in [2.45, 2.75) is 25.9 Å². The fraction of sp³-hybridized carbons (Fsp3) is 0.185. The van der Waals surface area contributed by atoms with Gasteiger partial charge in [0.05, 0.1) is 28.8 Å². The van der Waals surface area contributed by atoms with Crippen molar-refractivity contribution in [3.05, 3.63) is 107 Å². The molecule has 0 spiro atoms. The zero-order valence-electron chi connectivity index (χ0n) is 18.9. The lowest BCUT2D eigenvalue weighted by Gasteiger charge is -2.22. The molecule has 1 N–H and O–H groups in total. The Kier molecular flexibility index (Phi) is 6.54. The minimum atomic E-state index is -0.750. The summed E-state index contributed by atoms with van der Waals surface area (Å²) in [7, 11) is 0. The van der Waals surface area contributed by atoms with Crippen LogP contribution in [0.2, 0.25) is 0 Å². The number of esters is 1. The summed E-state index contributed by atoms with van der Waals surface area (Å²) in [6.45, 7) is 3.15. The zero-order chi connectivity index (χ0) is 24.2. The number of benzene rings is 3. The van der Waals surface area contributed by atoms with Gasteiger partial charge in [0.2, 0.25) is 0 Å². The van der Waals surface area contributed by atoms with Crippen LogP contribution in [-0.4, -0.2) is 35.2 Å². The minimum absolute atomic E-state index is 0.0954. The van der Waals surface area contributed by atoms with Crippen molar-refractivity contribution in [1.82, 2.24) is 10.2 Å². The molecular formula is C27H24N2O5. The molecule has 0 bridgehead atoms. The number of imide groups is 1. The third-order valence-corrected chi connectivity index (χ3v) is 5.83. The highest BCUT2D eigenvalue weighted by Gasteiger charge is 2.39. The number of fused-ring (bicyclic) bond motifs is 1. The summed E-state index contributed by atoms with van der Waals surface area (Å²) < 4.78 is 5.13. The highest BCUT2D eigenvalue weighted by atomic mass is 16.5. The standard InChI is InChI=1S/C27H24N2O5/c1-17(19-9-5-3-6-10-19)28-24(30)16-34-27(33)21-13-14-22-23(15-21)26(32)29(25(22)31)18(2)20-11-7-4-8-12-20/h3-15,17-18H,16H2,1-2H3,(H,28,30)/t17-,18-/m1/s1. The predicted molar refractivity (Wildman–Crippen MR) is 125 cm³/mol. The summed E-state index contributed by atoms with van der Waals surface area (Å²) in [5.74, 6) is -2.08. The number of hydrogen-bond donors (Lipinski definition) is 1. The Balaban J connectivity index is 1.41. The Bertz CT molecular complexity index is 1240. The molecule has 1 aliphatic heterocycles. The predicted octanol–water partition coefficient (Wildman–Crippen LogP) is 4.08. The quantitative estimate of drug-likeness (QED) is 0.427. The maximum absolute atomic E-state index is 13.0. The molecule has 2 atom stereocenters. The van der Waals surface area contributed by atoms with Crippen LogP contribution in [0, 0.1) is 0 Å². The molecule has 1 aliphatic rings. The van der Waals surface area contributed by atoms with Crippen molar-refractivity contribution in [1.29, 1.82) is 0 Å². The van der Waals surface area contributed by atoms with Gasteiger partial charge < -0.3 is 10.1 Å². The van der Waals surface area contributed by atoms with Gasteiger partial charge in [0.25, 0.3) is 17.7 Å². The highest BCUT2D eigenvalue weighted by Crippen LogP contribution is 2.31. The maximum Gasteiger partial charge on any atom is 0.338 e. The smallest absolute Gasteiger partial charge is 0.338 e. The van der Waals surface area contributed by atoms with Crippen molar-refractivity contribution >= 4 is 23.7 Å². The molecule has 0 aromatic heterocycles. The van der Waals surface area contributed by atoms with Crippen LogP contribution in [0.5, 0.6) is 0 Å². The average molecular weight is 456 g/mol. The molecular weight excluding hydrogens is 432 g/mol. The van der Waals surface area contributed by atoms with Crippen molar-refractivity contribution in [3.8, 4) is 0 Å². The number of amides is 3. The second-order valence-corrected chi connectivity index (χ2v) is 8.10. The molecule has 0 saturated heterocycles. The van der Waals surface area contributed by atoms with E-state index in [1.165, 1.54) is 23.1 Å². The van der Waals surface area contributed by atoms with E-state index in [4.69, 9.17) is 4.74 Å². The number of hydrogen-bond acceptors (Lipinski definition) is 5. The van der Waals surface area contributed by atoms with Gasteiger partial charge in [-0.25, -0.2) is 4.79 Å². The number of carbonyl (C=O) groups excluding carboxylic acids is 4. The lowest BCUT2D eigenvalue weighted by atomic mass is 10.1. The van der Waals surface area contributed by atoms with E-state index < -0.39 is 36.3 Å². The topological polar surface area (TPSA) is 92.8 Å². The number of rotatable bonds is 7. The molecule has 7 heteroatoms. The summed E-state index contributed by atoms with van der Waals surface area (Å²) in [6, 6.07) is 22.2. The van der Waals surface area contributed by atoms with Crippen molar-refractivity contribution in [2.24, 2.45) is 0 Å². The van der Waals surface area contributed by atoms with Crippen molar-refractivity contribution in [2.75, 3.05) is 6.61 Å². The van der Waals surface area contributed by atoms with E-state index in [9.17, 15) is 19.2 Å². The Hall–Kier alpha value is -4.26. The molecule has 0 radical (unpaired) electrons. The average Bonchev–Trinajstić information content (AvgIpc) is 3.12. The molecule has 0 aliphatic carbocycles. The van der Waals surface area contributed by atoms with Gasteiger partial charge in [-0.3, -0.25) is 19.3 Å². The number of carbonyl (C=O) groups is 4. The summed E-state index contributed by atoms with van der Waals surface area (Å²) in [6.07, 6.45) is 0. The molecule has 0 unspecified atom stereocenters. The van der Waals surface area contributed by atoms with Crippen molar-refractivity contribution in [3.63, 3.8) is 0 Å². The molecule has 7 nitrogen and oxygen atoms in total. The van der Waals surface area contributed by atoms with Crippen LogP contribution in [0.25, 0.3) is 0 Å². The van der Waals surface area contributed by atoms with Gasteiger partial charge in [-0.05, 0) is 43.2 Å². The first kappa shape index (κ1) is 22.9. The normalized spacial score (nSPS) is 14.4. The molecule has 3 aromatic rings. The Morgan fingerprint density at radius 1 is 0.824 bits per heavy atom. The highest BCUT2D eigenvalue weighted by molar-refractivity contribution is 6.22. The number of nitrogens with zero attached hydrogens (tertiary/aromatic N) is 1. The minimum Gasteiger partial charge on any atom is -0.452 e. The summed E-state index contributed by atoms with van der Waals surface area (Å²) >= 11 is 0. The van der Waals surface area contributed by atoms with E-state index >= 15 is 0 Å². The van der Waals surface area contributed by atoms with Crippen molar-refractivity contribution < 1.29 is 23.9 Å². The molecule has 34 heavy (non-hydrogen) atoms. The largest absolute Gasteiger partial charge is 0.452 e. The molecule has 3 aromatic carbocycles. The van der Waals surface area contributed by atoms with Crippen LogP contribution in [0.4, 0.5) is 0 Å². The SMILES string of the molecule is C[C@H](c1ccccc1)N1C(=O)c2ccc(C(=O)OCC(=O)N[C@H](C)c3ccccc3)cc2C1=O. The third-order valence-electron chi connectivity index (χ3n) is 5.83. The molecule has 4 rings (SSSR count). The van der Waals surface area contributed by atoms with Crippen LogP contribution in [0.1, 0.15) is 68.1 Å². The van der Waals surface area contributed by atoms with Crippen LogP contribution in [-0.2, 0) is 9.53 Å².